The van der Waals surface area contributed by atoms with Gasteiger partial charge in [-0.25, -0.2) is 8.42 Å². The van der Waals surface area contributed by atoms with Crippen molar-refractivity contribution < 1.29 is 32.0 Å². The largest absolute Gasteiger partial charge is 0.744 e. The van der Waals surface area contributed by atoms with Gasteiger partial charge in [0.15, 0.2) is 0 Å². The molecule has 3 aliphatic carbocycles. The first-order chi connectivity index (χ1) is 18.8. The molecule has 0 spiro atoms. The molecule has 4 aromatic rings. The predicted molar refractivity (Wildman–Crippen MR) is 142 cm³/mol. The van der Waals surface area contributed by atoms with Crippen LogP contribution in [-0.2, 0) is 24.4 Å². The number of rotatable bonds is 7. The molecule has 198 valence electrons. The zero-order chi connectivity index (χ0) is 27.1. The smallest absolute Gasteiger partial charge is 0.311 e. The molecule has 0 saturated heterocycles. The fourth-order valence-electron chi connectivity index (χ4n) is 6.09. The third-order valence-corrected chi connectivity index (χ3v) is 8.61. The van der Waals surface area contributed by atoms with Crippen molar-refractivity contribution >= 4 is 32.8 Å². The second-order valence-corrected chi connectivity index (χ2v) is 11.3. The number of carbonyl (C=O) groups is 2. The molecular weight excluding hydrogens is 516 g/mol. The number of hydrogen-bond acceptors (Lipinski definition) is 7. The normalized spacial score (nSPS) is 19.3. The van der Waals surface area contributed by atoms with Crippen LogP contribution in [0.3, 0.4) is 0 Å². The van der Waals surface area contributed by atoms with Crippen LogP contribution in [0.15, 0.2) is 89.8 Å². The highest BCUT2D eigenvalue weighted by atomic mass is 32.2. The maximum absolute atomic E-state index is 13.2. The van der Waals surface area contributed by atoms with Gasteiger partial charge < -0.3 is 14.0 Å². The second kappa shape index (κ2) is 9.94. The lowest BCUT2D eigenvalue weighted by Gasteiger charge is -2.44. The van der Waals surface area contributed by atoms with E-state index in [0.717, 1.165) is 6.07 Å². The van der Waals surface area contributed by atoms with Gasteiger partial charge in [0.1, 0.15) is 15.9 Å². The first-order valence-electron chi connectivity index (χ1n) is 12.9. The van der Waals surface area contributed by atoms with Gasteiger partial charge in [0.2, 0.25) is 0 Å². The van der Waals surface area contributed by atoms with E-state index < -0.39 is 16.1 Å². The number of ether oxygens (including phenoxy) is 2. The summed E-state index contributed by atoms with van der Waals surface area (Å²) >= 11 is 0. The Labute approximate surface area is 226 Å². The Morgan fingerprint density at radius 2 is 1.38 bits per heavy atom. The van der Waals surface area contributed by atoms with E-state index in [1.165, 1.54) is 34.4 Å². The van der Waals surface area contributed by atoms with Gasteiger partial charge in [0.05, 0.1) is 17.4 Å². The van der Waals surface area contributed by atoms with Crippen LogP contribution in [0.5, 0.6) is 5.75 Å². The molecule has 39 heavy (non-hydrogen) atoms. The minimum Gasteiger partial charge on any atom is -0.744 e. The second-order valence-electron chi connectivity index (χ2n) is 9.94. The number of esters is 2. The van der Waals surface area contributed by atoms with E-state index in [2.05, 4.69) is 24.3 Å². The molecule has 0 saturated carbocycles. The monoisotopic (exact) mass is 541 g/mol. The van der Waals surface area contributed by atoms with E-state index in [1.54, 1.807) is 18.2 Å². The molecule has 0 aliphatic heterocycles. The van der Waals surface area contributed by atoms with Crippen molar-refractivity contribution in [3.63, 3.8) is 0 Å². The zero-order valence-electron chi connectivity index (χ0n) is 20.9. The van der Waals surface area contributed by atoms with Crippen LogP contribution in [0, 0.1) is 5.92 Å². The topological polar surface area (TPSA) is 110 Å². The Hall–Kier alpha value is -4.01. The molecule has 7 rings (SSSR count). The van der Waals surface area contributed by atoms with Crippen molar-refractivity contribution in [1.82, 2.24) is 0 Å². The molecule has 0 N–H and O–H groups in total. The molecule has 8 heteroatoms. The lowest BCUT2D eigenvalue weighted by molar-refractivity contribution is -0.150. The third-order valence-electron chi connectivity index (χ3n) is 7.71. The summed E-state index contributed by atoms with van der Waals surface area (Å²) in [5, 5.41) is 0.541. The maximum Gasteiger partial charge on any atom is 0.311 e. The number of hydrogen-bond donors (Lipinski definition) is 0. The molecule has 0 aromatic heterocycles. The Morgan fingerprint density at radius 1 is 0.795 bits per heavy atom. The summed E-state index contributed by atoms with van der Waals surface area (Å²) in [4.78, 5) is 25.3. The SMILES string of the molecule is O=C(CCCOC(=O)C1CC2c3ccccc3C1c1ccccc12)Oc1ccc(S(=O)(=O)[O-])c2ccccc12. The summed E-state index contributed by atoms with van der Waals surface area (Å²) in [5.41, 5.74) is 4.92. The minimum atomic E-state index is -4.68. The molecule has 0 amide bonds. The van der Waals surface area contributed by atoms with Crippen LogP contribution in [0.25, 0.3) is 10.8 Å². The van der Waals surface area contributed by atoms with Crippen LogP contribution in [0.4, 0.5) is 0 Å². The van der Waals surface area contributed by atoms with Gasteiger partial charge in [-0.1, -0.05) is 72.8 Å². The van der Waals surface area contributed by atoms with Crippen LogP contribution in [0.1, 0.15) is 53.4 Å². The Kier molecular flexibility index (Phi) is 6.45. The summed E-state index contributed by atoms with van der Waals surface area (Å²) in [5.74, 6) is -0.817. The third kappa shape index (κ3) is 4.60. The van der Waals surface area contributed by atoms with Crippen molar-refractivity contribution in [2.24, 2.45) is 5.92 Å². The Morgan fingerprint density at radius 3 is 2.03 bits per heavy atom. The van der Waals surface area contributed by atoms with Gasteiger partial charge >= 0.3 is 11.9 Å². The fraction of sp³-hybridized carbons (Fsp3) is 0.226. The highest BCUT2D eigenvalue weighted by molar-refractivity contribution is 7.86. The van der Waals surface area contributed by atoms with Gasteiger partial charge in [0.25, 0.3) is 0 Å². The molecule has 1 atom stereocenters. The molecule has 7 nitrogen and oxygen atoms in total. The molecule has 0 heterocycles. The van der Waals surface area contributed by atoms with Crippen molar-refractivity contribution in [3.8, 4) is 5.75 Å². The highest BCUT2D eigenvalue weighted by Gasteiger charge is 2.46. The van der Waals surface area contributed by atoms with Crippen molar-refractivity contribution in [1.29, 1.82) is 0 Å². The standard InChI is InChI=1S/C31H26O7S/c32-29(38-27-15-16-28(39(34,35)36)22-11-4-3-10-21(22)27)14-7-17-37-31(33)26-18-25-19-8-1-5-12-23(19)30(26)24-13-6-2-9-20(24)25/h1-6,8-13,15-16,25-26,30H,7,14,17-18H2,(H,34,35,36)/p-1. The quantitative estimate of drug-likeness (QED) is 0.136. The van der Waals surface area contributed by atoms with Crippen LogP contribution >= 0.6 is 0 Å². The number of fused-ring (bicyclic) bond motifs is 2. The fourth-order valence-corrected chi connectivity index (χ4v) is 6.77. The van der Waals surface area contributed by atoms with E-state index in [9.17, 15) is 22.6 Å². The average molecular weight is 542 g/mol. The van der Waals surface area contributed by atoms with Crippen molar-refractivity contribution in [3.05, 3.63) is 107 Å². The van der Waals surface area contributed by atoms with E-state index in [4.69, 9.17) is 9.47 Å². The van der Waals surface area contributed by atoms with Gasteiger partial charge in [-0.2, -0.15) is 0 Å². The van der Waals surface area contributed by atoms with Gasteiger partial charge in [0, 0.05) is 29.0 Å². The van der Waals surface area contributed by atoms with E-state index in [1.807, 2.05) is 24.3 Å². The van der Waals surface area contributed by atoms with Crippen molar-refractivity contribution in [2.45, 2.75) is 36.0 Å². The maximum atomic E-state index is 13.2. The molecule has 4 aromatic carbocycles. The molecule has 2 bridgehead atoms. The predicted octanol–water partition coefficient (Wildman–Crippen LogP) is 5.27. The number of benzene rings is 4. The van der Waals surface area contributed by atoms with Gasteiger partial charge in [-0.15, -0.1) is 0 Å². The van der Waals surface area contributed by atoms with Crippen LogP contribution in [-0.4, -0.2) is 31.5 Å². The van der Waals surface area contributed by atoms with E-state index in [-0.39, 0.29) is 59.2 Å². The molecule has 0 radical (unpaired) electrons. The first-order valence-corrected chi connectivity index (χ1v) is 14.3. The zero-order valence-corrected chi connectivity index (χ0v) is 21.7. The molecule has 3 aliphatic rings. The summed E-state index contributed by atoms with van der Waals surface area (Å²) in [7, 11) is -4.68. The highest BCUT2D eigenvalue weighted by Crippen LogP contribution is 2.55. The number of carbonyl (C=O) groups excluding carboxylic acids is 2. The first kappa shape index (κ1) is 25.3. The van der Waals surface area contributed by atoms with Gasteiger partial charge in [-0.3, -0.25) is 9.59 Å². The Bertz CT molecular complexity index is 1660. The summed E-state index contributed by atoms with van der Waals surface area (Å²) in [6.07, 6.45) is 0.983. The Balaban J connectivity index is 1.09. The molecule has 1 unspecified atom stereocenters. The summed E-state index contributed by atoms with van der Waals surface area (Å²) in [6.45, 7) is 0.0826. The van der Waals surface area contributed by atoms with Crippen molar-refractivity contribution in [2.75, 3.05) is 6.61 Å². The van der Waals surface area contributed by atoms with Crippen LogP contribution < -0.4 is 4.74 Å². The summed E-state index contributed by atoms with van der Waals surface area (Å²) < 4.78 is 45.8. The lowest BCUT2D eigenvalue weighted by Crippen LogP contribution is -2.37. The minimum absolute atomic E-state index is 0.00556. The molecule has 0 fully saturated rings. The average Bonchev–Trinajstić information content (AvgIpc) is 2.94. The van der Waals surface area contributed by atoms with E-state index >= 15 is 0 Å². The molecular formula is C31H25O7S-. The van der Waals surface area contributed by atoms with Gasteiger partial charge in [-0.05, 0) is 47.2 Å². The van der Waals surface area contributed by atoms with Crippen LogP contribution in [0.2, 0.25) is 0 Å². The summed E-state index contributed by atoms with van der Waals surface area (Å²) in [6, 6.07) is 25.4. The lowest BCUT2D eigenvalue weighted by atomic mass is 9.59. The van der Waals surface area contributed by atoms with E-state index in [0.29, 0.717) is 11.8 Å².